The summed E-state index contributed by atoms with van der Waals surface area (Å²) in [6.07, 6.45) is 0. The third kappa shape index (κ3) is 3.73. The first-order chi connectivity index (χ1) is 13.5. The van der Waals surface area contributed by atoms with Gasteiger partial charge in [0, 0.05) is 4.47 Å². The predicted octanol–water partition coefficient (Wildman–Crippen LogP) is 6.52. The van der Waals surface area contributed by atoms with Crippen LogP contribution in [0.1, 0.15) is 27.0 Å². The number of amides is 1. The number of anilines is 1. The average Bonchev–Trinajstić information content (AvgIpc) is 3.09. The molecule has 3 nitrogen and oxygen atoms in total. The Morgan fingerprint density at radius 2 is 1.68 bits per heavy atom. The van der Waals surface area contributed by atoms with Gasteiger partial charge in [-0.3, -0.25) is 9.69 Å². The molecule has 28 heavy (non-hydrogen) atoms. The van der Waals surface area contributed by atoms with Crippen molar-refractivity contribution in [3.05, 3.63) is 93.5 Å². The van der Waals surface area contributed by atoms with E-state index in [2.05, 4.69) is 41.9 Å². The first-order valence-electron chi connectivity index (χ1n) is 9.01. The molecule has 0 aliphatic heterocycles. The van der Waals surface area contributed by atoms with Crippen LogP contribution < -0.4 is 4.90 Å². The van der Waals surface area contributed by atoms with Gasteiger partial charge in [-0.15, -0.1) is 0 Å². The Morgan fingerprint density at radius 1 is 1.00 bits per heavy atom. The van der Waals surface area contributed by atoms with Gasteiger partial charge >= 0.3 is 0 Å². The van der Waals surface area contributed by atoms with Crippen LogP contribution in [-0.2, 0) is 6.54 Å². The molecule has 0 bridgehead atoms. The van der Waals surface area contributed by atoms with E-state index in [0.29, 0.717) is 17.2 Å². The van der Waals surface area contributed by atoms with Crippen molar-refractivity contribution in [3.8, 4) is 0 Å². The molecule has 0 aliphatic rings. The number of aromatic nitrogens is 1. The molecule has 4 aromatic rings. The highest BCUT2D eigenvalue weighted by Gasteiger charge is 2.23. The Kier molecular flexibility index (Phi) is 5.29. The monoisotopic (exact) mass is 450 g/mol. The molecule has 140 valence electrons. The summed E-state index contributed by atoms with van der Waals surface area (Å²) >= 11 is 5.07. The second kappa shape index (κ2) is 7.86. The third-order valence-corrected chi connectivity index (χ3v) is 6.49. The first kappa shape index (κ1) is 18.8. The van der Waals surface area contributed by atoms with E-state index < -0.39 is 0 Å². The van der Waals surface area contributed by atoms with Gasteiger partial charge in [0.1, 0.15) is 0 Å². The summed E-state index contributed by atoms with van der Waals surface area (Å²) in [5, 5.41) is 0.713. The number of carbonyl (C=O) groups is 1. The van der Waals surface area contributed by atoms with Crippen molar-refractivity contribution in [2.24, 2.45) is 0 Å². The number of benzene rings is 3. The number of hydrogen-bond donors (Lipinski definition) is 0. The molecule has 0 radical (unpaired) electrons. The highest BCUT2D eigenvalue weighted by atomic mass is 79.9. The molecule has 0 aliphatic carbocycles. The van der Waals surface area contributed by atoms with Gasteiger partial charge in [-0.1, -0.05) is 53.8 Å². The van der Waals surface area contributed by atoms with Crippen LogP contribution >= 0.6 is 27.3 Å². The van der Waals surface area contributed by atoms with Crippen molar-refractivity contribution >= 4 is 48.5 Å². The number of halogens is 1. The number of thiazole rings is 1. The normalized spacial score (nSPS) is 11.0. The van der Waals surface area contributed by atoms with E-state index in [9.17, 15) is 4.79 Å². The minimum Gasteiger partial charge on any atom is -0.279 e. The molecule has 5 heteroatoms. The van der Waals surface area contributed by atoms with Gasteiger partial charge in [0.15, 0.2) is 5.13 Å². The Hall–Kier alpha value is -2.50. The van der Waals surface area contributed by atoms with Gasteiger partial charge in [0.05, 0.1) is 22.3 Å². The van der Waals surface area contributed by atoms with E-state index in [1.54, 1.807) is 16.2 Å². The Bertz CT molecular complexity index is 1110. The second-order valence-corrected chi connectivity index (χ2v) is 8.62. The van der Waals surface area contributed by atoms with Crippen LogP contribution in [0.5, 0.6) is 0 Å². The largest absolute Gasteiger partial charge is 0.279 e. The molecule has 0 atom stereocenters. The Balaban J connectivity index is 1.81. The standard InChI is InChI=1S/C23H19BrN2OS/c1-15-12-20-21(13-16(15)2)28-23(25-20)26(14-17-8-4-3-5-9-17)22(27)18-10-6-7-11-19(18)24/h3-13H,14H2,1-2H3. The molecule has 4 rings (SSSR count). The van der Waals surface area contributed by atoms with Crippen molar-refractivity contribution < 1.29 is 4.79 Å². The second-order valence-electron chi connectivity index (χ2n) is 6.76. The van der Waals surface area contributed by atoms with Crippen LogP contribution in [0, 0.1) is 13.8 Å². The molecule has 3 aromatic carbocycles. The summed E-state index contributed by atoms with van der Waals surface area (Å²) < 4.78 is 1.88. The fourth-order valence-corrected chi connectivity index (χ4v) is 4.55. The van der Waals surface area contributed by atoms with E-state index in [1.165, 1.54) is 11.1 Å². The molecule has 1 aromatic heterocycles. The number of rotatable bonds is 4. The predicted molar refractivity (Wildman–Crippen MR) is 120 cm³/mol. The van der Waals surface area contributed by atoms with Crippen molar-refractivity contribution in [2.75, 3.05) is 4.90 Å². The first-order valence-corrected chi connectivity index (χ1v) is 10.6. The van der Waals surface area contributed by atoms with Gasteiger partial charge < -0.3 is 0 Å². The lowest BCUT2D eigenvalue weighted by Gasteiger charge is -2.20. The lowest BCUT2D eigenvalue weighted by molar-refractivity contribution is 0.0984. The van der Waals surface area contributed by atoms with E-state index in [4.69, 9.17) is 4.98 Å². The van der Waals surface area contributed by atoms with Crippen LogP contribution in [0.15, 0.2) is 71.2 Å². The summed E-state index contributed by atoms with van der Waals surface area (Å²) in [6.45, 7) is 4.66. The molecule has 0 saturated carbocycles. The minimum absolute atomic E-state index is 0.0659. The third-order valence-electron chi connectivity index (χ3n) is 4.76. The van der Waals surface area contributed by atoms with Gasteiger partial charge in [-0.25, -0.2) is 4.98 Å². The zero-order valence-electron chi connectivity index (χ0n) is 15.6. The van der Waals surface area contributed by atoms with Gasteiger partial charge in [-0.05, 0) is 70.7 Å². The van der Waals surface area contributed by atoms with Crippen molar-refractivity contribution in [2.45, 2.75) is 20.4 Å². The molecular formula is C23H19BrN2OS. The summed E-state index contributed by atoms with van der Waals surface area (Å²) in [4.78, 5) is 20.0. The topological polar surface area (TPSA) is 33.2 Å². The van der Waals surface area contributed by atoms with Crippen LogP contribution in [0.25, 0.3) is 10.2 Å². The maximum atomic E-state index is 13.4. The lowest BCUT2D eigenvalue weighted by Crippen LogP contribution is -2.30. The molecule has 0 saturated heterocycles. The van der Waals surface area contributed by atoms with Crippen molar-refractivity contribution in [1.82, 2.24) is 4.98 Å². The highest BCUT2D eigenvalue weighted by Crippen LogP contribution is 2.33. The van der Waals surface area contributed by atoms with Crippen LogP contribution in [0.2, 0.25) is 0 Å². The quantitative estimate of drug-likeness (QED) is 0.354. The fraction of sp³-hybridized carbons (Fsp3) is 0.130. The summed E-state index contributed by atoms with van der Waals surface area (Å²) in [7, 11) is 0. The van der Waals surface area contributed by atoms with Gasteiger partial charge in [-0.2, -0.15) is 0 Å². The van der Waals surface area contributed by atoms with Crippen molar-refractivity contribution in [3.63, 3.8) is 0 Å². The number of nitrogens with zero attached hydrogens (tertiary/aromatic N) is 2. The molecule has 1 amide bonds. The molecule has 1 heterocycles. The molecule has 0 fully saturated rings. The minimum atomic E-state index is -0.0659. The molecule has 0 spiro atoms. The Labute approximate surface area is 176 Å². The number of aryl methyl sites for hydroxylation is 2. The van der Waals surface area contributed by atoms with Gasteiger partial charge in [0.2, 0.25) is 0 Å². The van der Waals surface area contributed by atoms with Gasteiger partial charge in [0.25, 0.3) is 5.91 Å². The van der Waals surface area contributed by atoms with E-state index >= 15 is 0 Å². The molecule has 0 unspecified atom stereocenters. The van der Waals surface area contributed by atoms with E-state index in [1.807, 2.05) is 54.6 Å². The van der Waals surface area contributed by atoms with E-state index in [0.717, 1.165) is 20.3 Å². The number of fused-ring (bicyclic) bond motifs is 1. The van der Waals surface area contributed by atoms with Crippen LogP contribution in [0.3, 0.4) is 0 Å². The molecular weight excluding hydrogens is 432 g/mol. The zero-order chi connectivity index (χ0) is 19.7. The lowest BCUT2D eigenvalue weighted by atomic mass is 10.1. The summed E-state index contributed by atoms with van der Waals surface area (Å²) in [5.41, 5.74) is 5.06. The van der Waals surface area contributed by atoms with Crippen LogP contribution in [0.4, 0.5) is 5.13 Å². The summed E-state index contributed by atoms with van der Waals surface area (Å²) in [5.74, 6) is -0.0659. The SMILES string of the molecule is Cc1cc2nc(N(Cc3ccccc3)C(=O)c3ccccc3Br)sc2cc1C. The number of carbonyl (C=O) groups excluding carboxylic acids is 1. The van der Waals surface area contributed by atoms with Crippen LogP contribution in [-0.4, -0.2) is 10.9 Å². The highest BCUT2D eigenvalue weighted by molar-refractivity contribution is 9.10. The smallest absolute Gasteiger partial charge is 0.261 e. The maximum Gasteiger partial charge on any atom is 0.261 e. The molecule has 0 N–H and O–H groups in total. The fourth-order valence-electron chi connectivity index (χ4n) is 3.06. The number of hydrogen-bond acceptors (Lipinski definition) is 3. The zero-order valence-corrected chi connectivity index (χ0v) is 18.0. The van der Waals surface area contributed by atoms with E-state index in [-0.39, 0.29) is 5.91 Å². The van der Waals surface area contributed by atoms with Crippen molar-refractivity contribution in [1.29, 1.82) is 0 Å². The maximum absolute atomic E-state index is 13.4. The summed E-state index contributed by atoms with van der Waals surface area (Å²) in [6, 6.07) is 21.8. The Morgan fingerprint density at radius 3 is 2.43 bits per heavy atom. The average molecular weight is 451 g/mol.